The van der Waals surface area contributed by atoms with Crippen LogP contribution in [0.2, 0.25) is 0 Å². The number of nitrogens with two attached hydrogens (primary N) is 1. The molecule has 0 aromatic carbocycles. The molecule has 4 nitrogen and oxygen atoms in total. The van der Waals surface area contributed by atoms with Gasteiger partial charge in [0.2, 0.25) is 0 Å². The van der Waals surface area contributed by atoms with E-state index >= 15 is 0 Å². The van der Waals surface area contributed by atoms with Gasteiger partial charge in [0.1, 0.15) is 12.2 Å². The molecule has 1 aromatic rings. The van der Waals surface area contributed by atoms with Crippen molar-refractivity contribution in [2.75, 3.05) is 0 Å². The van der Waals surface area contributed by atoms with Crippen molar-refractivity contribution in [3.8, 4) is 0 Å². The predicted octanol–water partition coefficient (Wildman–Crippen LogP) is 2.06. The zero-order valence-electron chi connectivity index (χ0n) is 10.1. The summed E-state index contributed by atoms with van der Waals surface area (Å²) in [5.74, 6) is 1.07. The maximum atomic E-state index is 5.98. The van der Waals surface area contributed by atoms with Gasteiger partial charge in [-0.2, -0.15) is 0 Å². The quantitative estimate of drug-likeness (QED) is 0.848. The minimum atomic E-state index is 0.214. The van der Waals surface area contributed by atoms with E-state index in [-0.39, 0.29) is 6.04 Å². The van der Waals surface area contributed by atoms with Gasteiger partial charge in [-0.25, -0.2) is 0 Å². The van der Waals surface area contributed by atoms with E-state index in [9.17, 15) is 0 Å². The Bertz CT molecular complexity index is 315. The molecule has 1 aliphatic carbocycles. The minimum Gasteiger partial charge on any atom is -0.327 e. The zero-order valence-corrected chi connectivity index (χ0v) is 10.1. The molecular weight excluding hydrogens is 200 g/mol. The van der Waals surface area contributed by atoms with Crippen molar-refractivity contribution in [3.05, 3.63) is 12.2 Å². The van der Waals surface area contributed by atoms with Crippen LogP contribution in [0.15, 0.2) is 6.33 Å². The zero-order chi connectivity index (χ0) is 11.4. The summed E-state index contributed by atoms with van der Waals surface area (Å²) in [7, 11) is 0. The van der Waals surface area contributed by atoms with Crippen LogP contribution in [-0.2, 0) is 6.42 Å². The Morgan fingerprint density at radius 1 is 1.44 bits per heavy atom. The van der Waals surface area contributed by atoms with Crippen molar-refractivity contribution in [2.24, 2.45) is 5.73 Å². The minimum absolute atomic E-state index is 0.214. The van der Waals surface area contributed by atoms with Crippen molar-refractivity contribution < 1.29 is 0 Å². The first-order chi connectivity index (χ1) is 7.81. The molecule has 1 saturated carbocycles. The third kappa shape index (κ3) is 2.61. The van der Waals surface area contributed by atoms with Crippen molar-refractivity contribution >= 4 is 0 Å². The number of rotatable bonds is 4. The first kappa shape index (κ1) is 11.6. The van der Waals surface area contributed by atoms with Crippen molar-refractivity contribution in [1.82, 2.24) is 14.8 Å². The van der Waals surface area contributed by atoms with Crippen LogP contribution in [0.4, 0.5) is 0 Å². The van der Waals surface area contributed by atoms with Crippen LogP contribution in [0.3, 0.4) is 0 Å². The van der Waals surface area contributed by atoms with Crippen LogP contribution in [0.25, 0.3) is 0 Å². The lowest BCUT2D eigenvalue weighted by atomic mass is 9.95. The Morgan fingerprint density at radius 3 is 2.88 bits per heavy atom. The van der Waals surface area contributed by atoms with E-state index in [2.05, 4.69) is 21.7 Å². The molecule has 4 heteroatoms. The summed E-state index contributed by atoms with van der Waals surface area (Å²) in [6.07, 6.45) is 10.3. The van der Waals surface area contributed by atoms with Gasteiger partial charge in [0, 0.05) is 18.5 Å². The summed E-state index contributed by atoms with van der Waals surface area (Å²) in [5.41, 5.74) is 5.98. The fourth-order valence-corrected chi connectivity index (χ4v) is 2.46. The lowest BCUT2D eigenvalue weighted by Gasteiger charge is -2.24. The van der Waals surface area contributed by atoms with E-state index in [1.54, 1.807) is 0 Å². The lowest BCUT2D eigenvalue weighted by molar-refractivity contribution is 0.343. The van der Waals surface area contributed by atoms with E-state index in [1.807, 2.05) is 6.33 Å². The molecule has 90 valence electrons. The van der Waals surface area contributed by atoms with Gasteiger partial charge in [0.25, 0.3) is 0 Å². The second kappa shape index (κ2) is 5.43. The molecular formula is C12H22N4. The molecule has 0 aliphatic heterocycles. The van der Waals surface area contributed by atoms with Gasteiger partial charge < -0.3 is 10.3 Å². The predicted molar refractivity (Wildman–Crippen MR) is 64.1 cm³/mol. The first-order valence-electron chi connectivity index (χ1n) is 6.45. The molecule has 0 saturated heterocycles. The lowest BCUT2D eigenvalue weighted by Crippen LogP contribution is -2.25. The molecule has 2 rings (SSSR count). The van der Waals surface area contributed by atoms with Gasteiger partial charge in [-0.05, 0) is 19.3 Å². The van der Waals surface area contributed by atoms with E-state index < -0.39 is 0 Å². The molecule has 0 bridgehead atoms. The normalized spacial score (nSPS) is 19.9. The van der Waals surface area contributed by atoms with Gasteiger partial charge >= 0.3 is 0 Å². The summed E-state index contributed by atoms with van der Waals surface area (Å²) < 4.78 is 2.26. The topological polar surface area (TPSA) is 56.7 Å². The van der Waals surface area contributed by atoms with Crippen LogP contribution in [0.5, 0.6) is 0 Å². The summed E-state index contributed by atoms with van der Waals surface area (Å²) in [5, 5.41) is 8.25. The molecule has 0 spiro atoms. The van der Waals surface area contributed by atoms with Gasteiger partial charge in [-0.15, -0.1) is 10.2 Å². The van der Waals surface area contributed by atoms with E-state index in [0.717, 1.165) is 18.7 Å². The van der Waals surface area contributed by atoms with Gasteiger partial charge in [0.15, 0.2) is 0 Å². The molecule has 0 radical (unpaired) electrons. The molecule has 1 aromatic heterocycles. The Hall–Kier alpha value is -0.900. The molecule has 1 fully saturated rings. The largest absolute Gasteiger partial charge is 0.327 e. The van der Waals surface area contributed by atoms with Gasteiger partial charge in [0.05, 0.1) is 0 Å². The fourth-order valence-electron chi connectivity index (χ4n) is 2.46. The van der Waals surface area contributed by atoms with Crippen LogP contribution < -0.4 is 5.73 Å². The second-order valence-corrected chi connectivity index (χ2v) is 4.82. The maximum Gasteiger partial charge on any atom is 0.134 e. The highest BCUT2D eigenvalue weighted by Gasteiger charge is 2.19. The highest BCUT2D eigenvalue weighted by molar-refractivity contribution is 4.93. The standard InChI is InChI=1S/C12H22N4/c1-2-10(13)8-12-15-14-9-16(12)11-6-4-3-5-7-11/h9-11H,2-8,13H2,1H3. The van der Waals surface area contributed by atoms with Crippen LogP contribution in [0.1, 0.15) is 57.3 Å². The van der Waals surface area contributed by atoms with Crippen LogP contribution in [0, 0.1) is 0 Å². The number of nitrogens with zero attached hydrogens (tertiary/aromatic N) is 3. The molecule has 1 atom stereocenters. The number of hydrogen-bond donors (Lipinski definition) is 1. The van der Waals surface area contributed by atoms with E-state index in [1.165, 1.54) is 32.1 Å². The number of aromatic nitrogens is 3. The van der Waals surface area contributed by atoms with Gasteiger partial charge in [-0.1, -0.05) is 26.2 Å². The third-order valence-electron chi connectivity index (χ3n) is 3.58. The molecule has 0 amide bonds. The monoisotopic (exact) mass is 222 g/mol. The Morgan fingerprint density at radius 2 is 2.19 bits per heavy atom. The molecule has 1 heterocycles. The van der Waals surface area contributed by atoms with E-state index in [0.29, 0.717) is 6.04 Å². The molecule has 1 aliphatic rings. The molecule has 2 N–H and O–H groups in total. The fraction of sp³-hybridized carbons (Fsp3) is 0.833. The maximum absolute atomic E-state index is 5.98. The Labute approximate surface area is 97.2 Å². The molecule has 16 heavy (non-hydrogen) atoms. The van der Waals surface area contributed by atoms with Crippen LogP contribution >= 0.6 is 0 Å². The van der Waals surface area contributed by atoms with Crippen molar-refractivity contribution in [3.63, 3.8) is 0 Å². The highest BCUT2D eigenvalue weighted by atomic mass is 15.3. The average molecular weight is 222 g/mol. The Balaban J connectivity index is 2.05. The van der Waals surface area contributed by atoms with E-state index in [4.69, 9.17) is 5.73 Å². The smallest absolute Gasteiger partial charge is 0.134 e. The first-order valence-corrected chi connectivity index (χ1v) is 6.45. The summed E-state index contributed by atoms with van der Waals surface area (Å²) in [6, 6.07) is 0.828. The summed E-state index contributed by atoms with van der Waals surface area (Å²) in [4.78, 5) is 0. The number of hydrogen-bond acceptors (Lipinski definition) is 3. The van der Waals surface area contributed by atoms with Gasteiger partial charge in [-0.3, -0.25) is 0 Å². The van der Waals surface area contributed by atoms with Crippen molar-refractivity contribution in [2.45, 2.75) is 64.0 Å². The summed E-state index contributed by atoms with van der Waals surface area (Å²) >= 11 is 0. The van der Waals surface area contributed by atoms with Crippen LogP contribution in [-0.4, -0.2) is 20.8 Å². The average Bonchev–Trinajstić information content (AvgIpc) is 2.78. The SMILES string of the molecule is CCC(N)Cc1nncn1C1CCCCC1. The third-order valence-corrected chi connectivity index (χ3v) is 3.58. The van der Waals surface area contributed by atoms with Crippen molar-refractivity contribution in [1.29, 1.82) is 0 Å². The molecule has 1 unspecified atom stereocenters. The highest BCUT2D eigenvalue weighted by Crippen LogP contribution is 2.28. The second-order valence-electron chi connectivity index (χ2n) is 4.82. The Kier molecular flexibility index (Phi) is 3.93. The summed E-state index contributed by atoms with van der Waals surface area (Å²) in [6.45, 7) is 2.12.